The summed E-state index contributed by atoms with van der Waals surface area (Å²) in [5.74, 6) is 0.679. The van der Waals surface area contributed by atoms with Gasteiger partial charge < -0.3 is 4.90 Å². The molecule has 4 nitrogen and oxygen atoms in total. The number of benzene rings is 1. The molecule has 0 unspecified atom stereocenters. The molecule has 0 aliphatic carbocycles. The summed E-state index contributed by atoms with van der Waals surface area (Å²) in [7, 11) is 0. The molecule has 1 aromatic heterocycles. The number of carbonyl (C=O) groups excluding carboxylic acids is 1. The van der Waals surface area contributed by atoms with Gasteiger partial charge in [-0.05, 0) is 25.3 Å². The maximum Gasteiger partial charge on any atom is 0.232 e. The van der Waals surface area contributed by atoms with Gasteiger partial charge >= 0.3 is 0 Å². The number of hydrogen-bond acceptors (Lipinski definition) is 4. The SMILES string of the molecule is O=C(CSc1ncnc2ccccc12)N1CCCCC1. The summed E-state index contributed by atoms with van der Waals surface area (Å²) in [5.41, 5.74) is 0.926. The van der Waals surface area contributed by atoms with Crippen LogP contribution in [0.15, 0.2) is 35.6 Å². The first-order chi connectivity index (χ1) is 9.84. The van der Waals surface area contributed by atoms with Crippen molar-refractivity contribution in [1.29, 1.82) is 0 Å². The second-order valence-electron chi connectivity index (χ2n) is 4.93. The van der Waals surface area contributed by atoms with Crippen LogP contribution in [0.25, 0.3) is 10.9 Å². The summed E-state index contributed by atoms with van der Waals surface area (Å²) in [6.07, 6.45) is 5.07. The van der Waals surface area contributed by atoms with E-state index in [4.69, 9.17) is 0 Å². The molecule has 104 valence electrons. The van der Waals surface area contributed by atoms with E-state index in [0.717, 1.165) is 41.9 Å². The van der Waals surface area contributed by atoms with Crippen LogP contribution in [0, 0.1) is 0 Å². The van der Waals surface area contributed by atoms with Crippen molar-refractivity contribution in [3.05, 3.63) is 30.6 Å². The lowest BCUT2D eigenvalue weighted by Crippen LogP contribution is -2.36. The highest BCUT2D eigenvalue weighted by molar-refractivity contribution is 8.00. The van der Waals surface area contributed by atoms with Crippen molar-refractivity contribution in [3.8, 4) is 0 Å². The number of amides is 1. The van der Waals surface area contributed by atoms with Gasteiger partial charge in [0.25, 0.3) is 0 Å². The zero-order chi connectivity index (χ0) is 13.8. The summed E-state index contributed by atoms with van der Waals surface area (Å²) in [6.45, 7) is 1.81. The van der Waals surface area contributed by atoms with Crippen LogP contribution >= 0.6 is 11.8 Å². The van der Waals surface area contributed by atoms with E-state index < -0.39 is 0 Å². The minimum Gasteiger partial charge on any atom is -0.342 e. The zero-order valence-corrected chi connectivity index (χ0v) is 12.1. The minimum atomic E-state index is 0.220. The number of thioether (sulfide) groups is 1. The molecule has 3 rings (SSSR count). The van der Waals surface area contributed by atoms with Gasteiger partial charge in [-0.1, -0.05) is 30.0 Å². The number of piperidine rings is 1. The van der Waals surface area contributed by atoms with Crippen molar-refractivity contribution >= 4 is 28.6 Å². The molecule has 1 aromatic carbocycles. The summed E-state index contributed by atoms with van der Waals surface area (Å²) in [5, 5.41) is 1.91. The third-order valence-corrected chi connectivity index (χ3v) is 4.54. The molecule has 0 bridgehead atoms. The molecular formula is C15H17N3OS. The minimum absolute atomic E-state index is 0.220. The zero-order valence-electron chi connectivity index (χ0n) is 11.3. The van der Waals surface area contributed by atoms with Gasteiger partial charge in [-0.25, -0.2) is 9.97 Å². The summed E-state index contributed by atoms with van der Waals surface area (Å²) in [4.78, 5) is 22.7. The Bertz CT molecular complexity index is 606. The van der Waals surface area contributed by atoms with Crippen LogP contribution in [0.3, 0.4) is 0 Å². The Morgan fingerprint density at radius 2 is 1.95 bits per heavy atom. The van der Waals surface area contributed by atoms with Crippen LogP contribution in [0.1, 0.15) is 19.3 Å². The van der Waals surface area contributed by atoms with Crippen molar-refractivity contribution in [2.45, 2.75) is 24.3 Å². The Labute approximate surface area is 122 Å². The molecule has 0 atom stereocenters. The lowest BCUT2D eigenvalue weighted by molar-refractivity contribution is -0.129. The molecule has 1 saturated heterocycles. The molecule has 5 heteroatoms. The van der Waals surface area contributed by atoms with E-state index in [9.17, 15) is 4.79 Å². The molecule has 0 N–H and O–H groups in total. The van der Waals surface area contributed by atoms with E-state index in [0.29, 0.717) is 5.75 Å². The van der Waals surface area contributed by atoms with Crippen molar-refractivity contribution in [1.82, 2.24) is 14.9 Å². The Balaban J connectivity index is 1.69. The monoisotopic (exact) mass is 287 g/mol. The molecule has 20 heavy (non-hydrogen) atoms. The van der Waals surface area contributed by atoms with E-state index >= 15 is 0 Å². The number of nitrogens with zero attached hydrogens (tertiary/aromatic N) is 3. The largest absolute Gasteiger partial charge is 0.342 e. The predicted molar refractivity (Wildman–Crippen MR) is 80.7 cm³/mol. The Morgan fingerprint density at radius 3 is 2.80 bits per heavy atom. The summed E-state index contributed by atoms with van der Waals surface area (Å²) in [6, 6.07) is 7.90. The predicted octanol–water partition coefficient (Wildman–Crippen LogP) is 2.73. The van der Waals surface area contributed by atoms with Crippen LogP contribution in [0.4, 0.5) is 0 Å². The van der Waals surface area contributed by atoms with Gasteiger partial charge in [0, 0.05) is 18.5 Å². The van der Waals surface area contributed by atoms with Crippen LogP contribution in [-0.4, -0.2) is 39.6 Å². The first-order valence-corrected chi connectivity index (χ1v) is 7.93. The number of fused-ring (bicyclic) bond motifs is 1. The lowest BCUT2D eigenvalue weighted by atomic mass is 10.1. The highest BCUT2D eigenvalue weighted by atomic mass is 32.2. The first-order valence-electron chi connectivity index (χ1n) is 6.95. The van der Waals surface area contributed by atoms with Gasteiger partial charge in [-0.2, -0.15) is 0 Å². The van der Waals surface area contributed by atoms with Crippen molar-refractivity contribution in [2.75, 3.05) is 18.8 Å². The second kappa shape index (κ2) is 6.22. The number of hydrogen-bond donors (Lipinski definition) is 0. The average molecular weight is 287 g/mol. The molecule has 0 saturated carbocycles. The normalized spacial score (nSPS) is 15.5. The molecule has 1 aliphatic heterocycles. The third kappa shape index (κ3) is 2.93. The standard InChI is InChI=1S/C15H17N3OS/c19-14(18-8-4-1-5-9-18)10-20-15-12-6-2-3-7-13(12)16-11-17-15/h2-3,6-7,11H,1,4-5,8-10H2. The number of rotatable bonds is 3. The molecule has 2 aromatic rings. The smallest absolute Gasteiger partial charge is 0.232 e. The van der Waals surface area contributed by atoms with Crippen LogP contribution in [-0.2, 0) is 4.79 Å². The summed E-state index contributed by atoms with van der Waals surface area (Å²) < 4.78 is 0. The Morgan fingerprint density at radius 1 is 1.15 bits per heavy atom. The van der Waals surface area contributed by atoms with Gasteiger partial charge in [0.05, 0.1) is 11.3 Å². The molecule has 0 spiro atoms. The van der Waals surface area contributed by atoms with E-state index in [1.165, 1.54) is 18.2 Å². The number of aromatic nitrogens is 2. The molecule has 0 radical (unpaired) electrons. The fourth-order valence-electron chi connectivity index (χ4n) is 2.46. The topological polar surface area (TPSA) is 46.1 Å². The molecule has 1 amide bonds. The van der Waals surface area contributed by atoms with E-state index in [1.54, 1.807) is 6.33 Å². The Kier molecular flexibility index (Phi) is 4.16. The first kappa shape index (κ1) is 13.4. The van der Waals surface area contributed by atoms with Crippen LogP contribution in [0.2, 0.25) is 0 Å². The van der Waals surface area contributed by atoms with Crippen LogP contribution in [0.5, 0.6) is 0 Å². The molecule has 1 fully saturated rings. The fourth-order valence-corrected chi connectivity index (χ4v) is 3.35. The molecular weight excluding hydrogens is 270 g/mol. The van der Waals surface area contributed by atoms with Crippen molar-refractivity contribution in [2.24, 2.45) is 0 Å². The van der Waals surface area contributed by atoms with E-state index in [2.05, 4.69) is 9.97 Å². The van der Waals surface area contributed by atoms with Gasteiger partial charge in [-0.15, -0.1) is 0 Å². The van der Waals surface area contributed by atoms with E-state index in [1.807, 2.05) is 29.2 Å². The number of para-hydroxylation sites is 1. The molecule has 1 aliphatic rings. The lowest BCUT2D eigenvalue weighted by Gasteiger charge is -2.26. The fraction of sp³-hybridized carbons (Fsp3) is 0.400. The Hall–Kier alpha value is -1.62. The average Bonchev–Trinajstić information content (AvgIpc) is 2.53. The van der Waals surface area contributed by atoms with Crippen molar-refractivity contribution < 1.29 is 4.79 Å². The maximum absolute atomic E-state index is 12.2. The molecule has 2 heterocycles. The summed E-state index contributed by atoms with van der Waals surface area (Å²) >= 11 is 1.51. The number of likely N-dealkylation sites (tertiary alicyclic amines) is 1. The maximum atomic E-state index is 12.2. The van der Waals surface area contributed by atoms with Gasteiger partial charge in [0.2, 0.25) is 5.91 Å². The quantitative estimate of drug-likeness (QED) is 0.643. The highest BCUT2D eigenvalue weighted by Gasteiger charge is 2.17. The third-order valence-electron chi connectivity index (χ3n) is 3.55. The number of carbonyl (C=O) groups is 1. The van der Waals surface area contributed by atoms with Crippen LogP contribution < -0.4 is 0 Å². The van der Waals surface area contributed by atoms with Gasteiger partial charge in [0.15, 0.2) is 0 Å². The second-order valence-corrected chi connectivity index (χ2v) is 5.89. The van der Waals surface area contributed by atoms with E-state index in [-0.39, 0.29) is 5.91 Å². The van der Waals surface area contributed by atoms with Gasteiger partial charge in [-0.3, -0.25) is 4.79 Å². The van der Waals surface area contributed by atoms with Gasteiger partial charge in [0.1, 0.15) is 11.4 Å². The van der Waals surface area contributed by atoms with Crippen molar-refractivity contribution in [3.63, 3.8) is 0 Å². The highest BCUT2D eigenvalue weighted by Crippen LogP contribution is 2.24.